The lowest BCUT2D eigenvalue weighted by atomic mass is 9.98. The maximum absolute atomic E-state index is 12.5. The molecule has 0 radical (unpaired) electrons. The number of likely N-dealkylation sites (tertiary alicyclic amines) is 1. The molecule has 1 fully saturated rings. The molecule has 1 unspecified atom stereocenters. The molecule has 1 atom stereocenters. The average Bonchev–Trinajstić information content (AvgIpc) is 2.71. The van der Waals surface area contributed by atoms with Gasteiger partial charge in [0.05, 0.1) is 10.6 Å². The zero-order chi connectivity index (χ0) is 14.5. The van der Waals surface area contributed by atoms with Gasteiger partial charge in [-0.05, 0) is 31.2 Å². The van der Waals surface area contributed by atoms with Crippen LogP contribution in [0.1, 0.15) is 43.0 Å². The number of nitrogens with one attached hydrogen (secondary N) is 1. The highest BCUT2D eigenvalue weighted by Crippen LogP contribution is 2.23. The lowest BCUT2D eigenvalue weighted by Crippen LogP contribution is -2.32. The van der Waals surface area contributed by atoms with E-state index in [4.69, 9.17) is 17.4 Å². The Balaban J connectivity index is 2.08. The van der Waals surface area contributed by atoms with Crippen LogP contribution in [0.25, 0.3) is 0 Å². The number of hydrazine groups is 1. The minimum atomic E-state index is -0.000255. The second kappa shape index (κ2) is 6.90. The van der Waals surface area contributed by atoms with Crippen LogP contribution < -0.4 is 11.3 Å². The first kappa shape index (κ1) is 15.1. The summed E-state index contributed by atoms with van der Waals surface area (Å²) in [4.78, 5) is 18.4. The summed E-state index contributed by atoms with van der Waals surface area (Å²) in [5.74, 6) is 6.39. The van der Waals surface area contributed by atoms with E-state index in [1.807, 2.05) is 4.90 Å². The highest BCUT2D eigenvalue weighted by molar-refractivity contribution is 6.33. The van der Waals surface area contributed by atoms with Gasteiger partial charge in [0.2, 0.25) is 0 Å². The van der Waals surface area contributed by atoms with E-state index in [9.17, 15) is 4.79 Å². The summed E-state index contributed by atoms with van der Waals surface area (Å²) in [6, 6.07) is 1.62. The molecule has 6 heteroatoms. The molecule has 1 aliphatic heterocycles. The first-order valence-electron chi connectivity index (χ1n) is 7.07. The van der Waals surface area contributed by atoms with Crippen LogP contribution >= 0.6 is 11.6 Å². The van der Waals surface area contributed by atoms with Gasteiger partial charge in [0.15, 0.2) is 5.82 Å². The molecule has 3 N–H and O–H groups in total. The SMILES string of the molecule is CCC1CCCN(C(=O)c2cnc(NN)c(Cl)c2)CC1. The molecule has 1 aromatic heterocycles. The van der Waals surface area contributed by atoms with Crippen molar-refractivity contribution in [1.82, 2.24) is 9.88 Å². The van der Waals surface area contributed by atoms with E-state index in [-0.39, 0.29) is 5.91 Å². The minimum absolute atomic E-state index is 0.000255. The van der Waals surface area contributed by atoms with E-state index in [0.717, 1.165) is 31.8 Å². The number of amides is 1. The van der Waals surface area contributed by atoms with Gasteiger partial charge in [0.1, 0.15) is 0 Å². The van der Waals surface area contributed by atoms with E-state index < -0.39 is 0 Å². The lowest BCUT2D eigenvalue weighted by molar-refractivity contribution is 0.0759. The van der Waals surface area contributed by atoms with Gasteiger partial charge in [0, 0.05) is 19.3 Å². The summed E-state index contributed by atoms with van der Waals surface area (Å²) >= 11 is 6.01. The van der Waals surface area contributed by atoms with Crippen LogP contribution in [0.3, 0.4) is 0 Å². The third kappa shape index (κ3) is 3.41. The summed E-state index contributed by atoms with van der Waals surface area (Å²) < 4.78 is 0. The third-order valence-electron chi connectivity index (χ3n) is 3.94. The van der Waals surface area contributed by atoms with Crippen LogP contribution in [-0.4, -0.2) is 28.9 Å². The van der Waals surface area contributed by atoms with E-state index in [2.05, 4.69) is 17.3 Å². The maximum atomic E-state index is 12.5. The fourth-order valence-electron chi connectivity index (χ4n) is 2.62. The fraction of sp³-hybridized carbons (Fsp3) is 0.571. The van der Waals surface area contributed by atoms with Crippen molar-refractivity contribution in [3.8, 4) is 0 Å². The topological polar surface area (TPSA) is 71.2 Å². The quantitative estimate of drug-likeness (QED) is 0.664. The van der Waals surface area contributed by atoms with Crippen molar-refractivity contribution in [3.05, 3.63) is 22.8 Å². The van der Waals surface area contributed by atoms with E-state index >= 15 is 0 Å². The van der Waals surface area contributed by atoms with Crippen LogP contribution in [0.4, 0.5) is 5.82 Å². The second-order valence-electron chi connectivity index (χ2n) is 5.20. The van der Waals surface area contributed by atoms with Crippen LogP contribution in [0.5, 0.6) is 0 Å². The van der Waals surface area contributed by atoms with Gasteiger partial charge in [-0.25, -0.2) is 10.8 Å². The minimum Gasteiger partial charge on any atom is -0.339 e. The van der Waals surface area contributed by atoms with E-state index in [1.54, 1.807) is 6.07 Å². The van der Waals surface area contributed by atoms with E-state index in [0.29, 0.717) is 16.4 Å². The van der Waals surface area contributed by atoms with Gasteiger partial charge in [0.25, 0.3) is 5.91 Å². The fourth-order valence-corrected chi connectivity index (χ4v) is 2.84. The molecule has 110 valence electrons. The van der Waals surface area contributed by atoms with Gasteiger partial charge in [-0.1, -0.05) is 24.9 Å². The standard InChI is InChI=1S/C14H21ClN4O/c1-2-10-4-3-6-19(7-5-10)14(20)11-8-12(15)13(18-16)17-9-11/h8-10H,2-7,16H2,1H3,(H,17,18). The molecule has 1 amide bonds. The first-order valence-corrected chi connectivity index (χ1v) is 7.45. The Morgan fingerprint density at radius 3 is 3.00 bits per heavy atom. The van der Waals surface area contributed by atoms with E-state index in [1.165, 1.54) is 19.0 Å². The van der Waals surface area contributed by atoms with Gasteiger partial charge < -0.3 is 10.3 Å². The molecule has 0 aromatic carbocycles. The first-order chi connectivity index (χ1) is 9.65. The Morgan fingerprint density at radius 2 is 2.35 bits per heavy atom. The molecule has 0 saturated carbocycles. The number of pyridine rings is 1. The Labute approximate surface area is 124 Å². The molecule has 1 saturated heterocycles. The third-order valence-corrected chi connectivity index (χ3v) is 4.23. The lowest BCUT2D eigenvalue weighted by Gasteiger charge is -2.20. The molecule has 5 nitrogen and oxygen atoms in total. The summed E-state index contributed by atoms with van der Waals surface area (Å²) in [6.07, 6.45) is 6.05. The maximum Gasteiger partial charge on any atom is 0.255 e. The molecule has 0 bridgehead atoms. The predicted molar refractivity (Wildman–Crippen MR) is 80.6 cm³/mol. The monoisotopic (exact) mass is 296 g/mol. The molecule has 1 aromatic rings. The summed E-state index contributed by atoms with van der Waals surface area (Å²) in [6.45, 7) is 3.83. The Bertz CT molecular complexity index is 480. The summed E-state index contributed by atoms with van der Waals surface area (Å²) in [5, 5.41) is 0.361. The van der Waals surface area contributed by atoms with Gasteiger partial charge >= 0.3 is 0 Å². The molecule has 0 spiro atoms. The summed E-state index contributed by atoms with van der Waals surface area (Å²) in [7, 11) is 0. The molecule has 2 rings (SSSR count). The van der Waals surface area contributed by atoms with Gasteiger partial charge in [-0.2, -0.15) is 0 Å². The smallest absolute Gasteiger partial charge is 0.255 e. The largest absolute Gasteiger partial charge is 0.339 e. The molecular formula is C14H21ClN4O. The number of carbonyl (C=O) groups excluding carboxylic acids is 1. The number of anilines is 1. The second-order valence-corrected chi connectivity index (χ2v) is 5.60. The van der Waals surface area contributed by atoms with Crippen molar-refractivity contribution in [3.63, 3.8) is 0 Å². The summed E-state index contributed by atoms with van der Waals surface area (Å²) in [5.41, 5.74) is 2.91. The van der Waals surface area contributed by atoms with Crippen molar-refractivity contribution in [2.75, 3.05) is 18.5 Å². The number of halogens is 1. The zero-order valence-corrected chi connectivity index (χ0v) is 12.5. The van der Waals surface area contributed by atoms with Gasteiger partial charge in [-0.15, -0.1) is 0 Å². The van der Waals surface area contributed by atoms with Crippen LogP contribution in [0.2, 0.25) is 5.02 Å². The normalized spacial score (nSPS) is 19.6. The van der Waals surface area contributed by atoms with Crippen molar-refractivity contribution >= 4 is 23.3 Å². The Hall–Kier alpha value is -1.33. The highest BCUT2D eigenvalue weighted by Gasteiger charge is 2.21. The van der Waals surface area contributed by atoms with Crippen molar-refractivity contribution < 1.29 is 4.79 Å². The number of nitrogens with zero attached hydrogens (tertiary/aromatic N) is 2. The van der Waals surface area contributed by atoms with Crippen molar-refractivity contribution in [2.45, 2.75) is 32.6 Å². The predicted octanol–water partition coefficient (Wildman–Crippen LogP) is 2.67. The number of nitrogen functional groups attached to an aromatic ring is 1. The Kier molecular flexibility index (Phi) is 5.20. The Morgan fingerprint density at radius 1 is 1.55 bits per heavy atom. The number of aromatic nitrogens is 1. The van der Waals surface area contributed by atoms with Crippen LogP contribution in [0, 0.1) is 5.92 Å². The molecule has 2 heterocycles. The van der Waals surface area contributed by atoms with Crippen LogP contribution in [0.15, 0.2) is 12.3 Å². The highest BCUT2D eigenvalue weighted by atomic mass is 35.5. The van der Waals surface area contributed by atoms with Crippen LogP contribution in [-0.2, 0) is 0 Å². The molecular weight excluding hydrogens is 276 g/mol. The molecule has 1 aliphatic rings. The number of rotatable bonds is 3. The average molecular weight is 297 g/mol. The number of nitrogens with two attached hydrogens (primary N) is 1. The van der Waals surface area contributed by atoms with Crippen molar-refractivity contribution in [2.24, 2.45) is 11.8 Å². The molecule has 20 heavy (non-hydrogen) atoms. The van der Waals surface area contributed by atoms with Crippen molar-refractivity contribution in [1.29, 1.82) is 0 Å². The molecule has 0 aliphatic carbocycles. The number of hydrogen-bond acceptors (Lipinski definition) is 4. The zero-order valence-electron chi connectivity index (χ0n) is 11.7. The van der Waals surface area contributed by atoms with Gasteiger partial charge in [-0.3, -0.25) is 4.79 Å². The number of hydrogen-bond donors (Lipinski definition) is 2. The number of carbonyl (C=O) groups is 1.